The summed E-state index contributed by atoms with van der Waals surface area (Å²) in [5.74, 6) is 0.574. The monoisotopic (exact) mass is 285 g/mol. The van der Waals surface area contributed by atoms with Crippen molar-refractivity contribution in [2.24, 2.45) is 5.73 Å². The third-order valence-corrected chi connectivity index (χ3v) is 3.00. The van der Waals surface area contributed by atoms with E-state index >= 15 is 0 Å². The molecule has 1 amide bonds. The van der Waals surface area contributed by atoms with Crippen LogP contribution in [0.4, 0.5) is 5.69 Å². The van der Waals surface area contributed by atoms with E-state index in [1.807, 2.05) is 26.0 Å². The average Bonchev–Trinajstić information content (AvgIpc) is 2.49. The zero-order chi connectivity index (χ0) is 15.2. The van der Waals surface area contributed by atoms with Crippen molar-refractivity contribution in [3.05, 3.63) is 53.3 Å². The molecule has 1 aromatic heterocycles. The lowest BCUT2D eigenvalue weighted by atomic mass is 10.1. The van der Waals surface area contributed by atoms with Crippen LogP contribution in [-0.4, -0.2) is 17.5 Å². The predicted octanol–water partition coefficient (Wildman–Crippen LogP) is 2.50. The number of anilines is 1. The van der Waals surface area contributed by atoms with Crippen molar-refractivity contribution in [2.45, 2.75) is 20.4 Å². The van der Waals surface area contributed by atoms with E-state index in [0.29, 0.717) is 24.4 Å². The number of benzene rings is 1. The van der Waals surface area contributed by atoms with E-state index < -0.39 is 0 Å². The molecule has 0 bridgehead atoms. The Balaban J connectivity index is 2.17. The summed E-state index contributed by atoms with van der Waals surface area (Å²) in [6.45, 7) is 4.70. The van der Waals surface area contributed by atoms with E-state index in [-0.39, 0.29) is 5.91 Å². The zero-order valence-electron chi connectivity index (χ0n) is 12.2. The number of ether oxygens (including phenoxy) is 1. The molecule has 5 nitrogen and oxygen atoms in total. The maximum absolute atomic E-state index is 12.2. The molecule has 1 aromatic carbocycles. The maximum atomic E-state index is 12.2. The molecule has 0 radical (unpaired) electrons. The minimum Gasteiger partial charge on any atom is -0.494 e. The summed E-state index contributed by atoms with van der Waals surface area (Å²) in [5, 5.41) is 2.85. The normalized spacial score (nSPS) is 10.2. The molecule has 1 heterocycles. The van der Waals surface area contributed by atoms with Crippen molar-refractivity contribution in [1.29, 1.82) is 0 Å². The molecule has 0 saturated carbocycles. The maximum Gasteiger partial charge on any atom is 0.255 e. The van der Waals surface area contributed by atoms with Gasteiger partial charge >= 0.3 is 0 Å². The highest BCUT2D eigenvalue weighted by Gasteiger charge is 2.09. The smallest absolute Gasteiger partial charge is 0.255 e. The molecule has 3 N–H and O–H groups in total. The van der Waals surface area contributed by atoms with Gasteiger partial charge in [-0.25, -0.2) is 0 Å². The molecular weight excluding hydrogens is 266 g/mol. The van der Waals surface area contributed by atoms with Crippen LogP contribution in [0.25, 0.3) is 0 Å². The van der Waals surface area contributed by atoms with Gasteiger partial charge in [0, 0.05) is 35.2 Å². The number of nitrogens with two attached hydrogens (primary N) is 1. The van der Waals surface area contributed by atoms with Gasteiger partial charge in [0.25, 0.3) is 5.91 Å². The first-order chi connectivity index (χ1) is 10.1. The molecule has 0 aliphatic heterocycles. The summed E-state index contributed by atoms with van der Waals surface area (Å²) < 4.78 is 5.49. The fourth-order valence-corrected chi connectivity index (χ4v) is 2.00. The molecule has 5 heteroatoms. The number of carbonyl (C=O) groups excluding carboxylic acids is 1. The van der Waals surface area contributed by atoms with Crippen molar-refractivity contribution in [2.75, 3.05) is 11.9 Å². The first-order valence-electron chi connectivity index (χ1n) is 6.84. The molecule has 0 saturated heterocycles. The Labute approximate surface area is 124 Å². The van der Waals surface area contributed by atoms with Crippen LogP contribution < -0.4 is 15.8 Å². The number of aromatic nitrogens is 1. The summed E-state index contributed by atoms with van der Waals surface area (Å²) >= 11 is 0. The molecule has 0 atom stereocenters. The Kier molecular flexibility index (Phi) is 4.90. The lowest BCUT2D eigenvalue weighted by Gasteiger charge is -2.11. The molecule has 110 valence electrons. The van der Waals surface area contributed by atoms with Crippen LogP contribution in [0.15, 0.2) is 36.5 Å². The molecular formula is C16H19N3O2. The van der Waals surface area contributed by atoms with Gasteiger partial charge in [0.1, 0.15) is 5.75 Å². The standard InChI is InChI=1S/C16H19N3O2/c1-3-21-15-5-4-14(9-13(15)10-17)19-16(20)12-6-7-18-11(2)8-12/h4-9H,3,10,17H2,1-2H3,(H,19,20). The molecule has 2 aromatic rings. The van der Waals surface area contributed by atoms with Crippen molar-refractivity contribution in [3.8, 4) is 5.75 Å². The minimum atomic E-state index is -0.173. The fourth-order valence-electron chi connectivity index (χ4n) is 2.00. The van der Waals surface area contributed by atoms with Gasteiger partial charge in [-0.1, -0.05) is 0 Å². The largest absolute Gasteiger partial charge is 0.494 e. The SMILES string of the molecule is CCOc1ccc(NC(=O)c2ccnc(C)c2)cc1CN. The molecule has 0 unspecified atom stereocenters. The summed E-state index contributed by atoms with van der Waals surface area (Å²) in [6.07, 6.45) is 1.62. The number of aryl methyl sites for hydroxylation is 1. The fraction of sp³-hybridized carbons (Fsp3) is 0.250. The van der Waals surface area contributed by atoms with Crippen LogP contribution in [0.2, 0.25) is 0 Å². The van der Waals surface area contributed by atoms with Crippen LogP contribution in [0.3, 0.4) is 0 Å². The Morgan fingerprint density at radius 2 is 2.14 bits per heavy atom. The van der Waals surface area contributed by atoms with E-state index in [1.165, 1.54) is 0 Å². The van der Waals surface area contributed by atoms with Crippen LogP contribution >= 0.6 is 0 Å². The summed E-state index contributed by atoms with van der Waals surface area (Å²) in [5.41, 5.74) is 8.64. The Bertz CT molecular complexity index is 641. The van der Waals surface area contributed by atoms with E-state index in [2.05, 4.69) is 10.3 Å². The number of hydrogen-bond acceptors (Lipinski definition) is 4. The van der Waals surface area contributed by atoms with Crippen LogP contribution in [0.1, 0.15) is 28.5 Å². The third kappa shape index (κ3) is 3.79. The second-order valence-corrected chi connectivity index (χ2v) is 4.60. The Morgan fingerprint density at radius 1 is 1.33 bits per heavy atom. The molecule has 21 heavy (non-hydrogen) atoms. The average molecular weight is 285 g/mol. The molecule has 0 spiro atoms. The number of carbonyl (C=O) groups is 1. The zero-order valence-corrected chi connectivity index (χ0v) is 12.2. The van der Waals surface area contributed by atoms with Gasteiger partial charge in [-0.05, 0) is 44.2 Å². The second kappa shape index (κ2) is 6.85. The van der Waals surface area contributed by atoms with Gasteiger partial charge in [0.2, 0.25) is 0 Å². The first-order valence-corrected chi connectivity index (χ1v) is 6.84. The van der Waals surface area contributed by atoms with Crippen molar-refractivity contribution >= 4 is 11.6 Å². The number of pyridine rings is 1. The van der Waals surface area contributed by atoms with Gasteiger partial charge in [-0.15, -0.1) is 0 Å². The van der Waals surface area contributed by atoms with E-state index in [4.69, 9.17) is 10.5 Å². The lowest BCUT2D eigenvalue weighted by molar-refractivity contribution is 0.102. The lowest BCUT2D eigenvalue weighted by Crippen LogP contribution is -2.13. The molecule has 0 aliphatic rings. The number of rotatable bonds is 5. The highest BCUT2D eigenvalue weighted by atomic mass is 16.5. The Morgan fingerprint density at radius 3 is 2.81 bits per heavy atom. The first kappa shape index (κ1) is 15.0. The van der Waals surface area contributed by atoms with E-state index in [9.17, 15) is 4.79 Å². The Hall–Kier alpha value is -2.40. The number of nitrogens with one attached hydrogen (secondary N) is 1. The predicted molar refractivity (Wildman–Crippen MR) is 82.4 cm³/mol. The summed E-state index contributed by atoms with van der Waals surface area (Å²) in [7, 11) is 0. The second-order valence-electron chi connectivity index (χ2n) is 4.60. The molecule has 0 aliphatic carbocycles. The van der Waals surface area contributed by atoms with Gasteiger partial charge in [-0.2, -0.15) is 0 Å². The van der Waals surface area contributed by atoms with Crippen LogP contribution in [-0.2, 0) is 6.54 Å². The number of nitrogens with zero attached hydrogens (tertiary/aromatic N) is 1. The van der Waals surface area contributed by atoms with Gasteiger partial charge in [0.15, 0.2) is 0 Å². The van der Waals surface area contributed by atoms with Gasteiger partial charge < -0.3 is 15.8 Å². The third-order valence-electron chi connectivity index (χ3n) is 3.00. The number of amides is 1. The molecule has 2 rings (SSSR count). The van der Waals surface area contributed by atoms with Crippen molar-refractivity contribution in [3.63, 3.8) is 0 Å². The highest BCUT2D eigenvalue weighted by molar-refractivity contribution is 6.04. The highest BCUT2D eigenvalue weighted by Crippen LogP contribution is 2.23. The quantitative estimate of drug-likeness (QED) is 0.885. The van der Waals surface area contributed by atoms with E-state index in [0.717, 1.165) is 17.0 Å². The summed E-state index contributed by atoms with van der Waals surface area (Å²) in [6, 6.07) is 8.88. The van der Waals surface area contributed by atoms with Gasteiger partial charge in [-0.3, -0.25) is 9.78 Å². The number of hydrogen-bond donors (Lipinski definition) is 2. The van der Waals surface area contributed by atoms with Crippen LogP contribution in [0.5, 0.6) is 5.75 Å². The topological polar surface area (TPSA) is 77.2 Å². The van der Waals surface area contributed by atoms with E-state index in [1.54, 1.807) is 24.4 Å². The summed E-state index contributed by atoms with van der Waals surface area (Å²) in [4.78, 5) is 16.3. The van der Waals surface area contributed by atoms with Crippen molar-refractivity contribution in [1.82, 2.24) is 4.98 Å². The molecule has 0 fully saturated rings. The van der Waals surface area contributed by atoms with Crippen molar-refractivity contribution < 1.29 is 9.53 Å². The minimum absolute atomic E-state index is 0.173. The van der Waals surface area contributed by atoms with Crippen LogP contribution in [0, 0.1) is 6.92 Å². The van der Waals surface area contributed by atoms with Gasteiger partial charge in [0.05, 0.1) is 6.61 Å².